The van der Waals surface area contributed by atoms with Crippen molar-refractivity contribution in [3.05, 3.63) is 35.4 Å². The van der Waals surface area contributed by atoms with E-state index in [1.807, 2.05) is 39.0 Å². The third kappa shape index (κ3) is 2.67. The summed E-state index contributed by atoms with van der Waals surface area (Å²) >= 11 is 0. The fraction of sp³-hybridized carbons (Fsp3) is 0.611. The first-order valence-electron chi connectivity index (χ1n) is 7.96. The lowest BCUT2D eigenvalue weighted by atomic mass is 9.75. The van der Waals surface area contributed by atoms with Crippen LogP contribution < -0.4 is 0 Å². The van der Waals surface area contributed by atoms with Gasteiger partial charge in [-0.25, -0.2) is 0 Å². The summed E-state index contributed by atoms with van der Waals surface area (Å²) in [6.07, 6.45) is 5.17. The van der Waals surface area contributed by atoms with Crippen molar-refractivity contribution in [1.82, 2.24) is 0 Å². The van der Waals surface area contributed by atoms with E-state index in [-0.39, 0.29) is 5.78 Å². The average molecular weight is 274 g/mol. The highest BCUT2D eigenvalue weighted by molar-refractivity contribution is 6.03. The number of rotatable bonds is 7. The van der Waals surface area contributed by atoms with Gasteiger partial charge in [0.25, 0.3) is 0 Å². The molecule has 0 aromatic heterocycles. The van der Waals surface area contributed by atoms with Crippen LogP contribution in [0.5, 0.6) is 0 Å². The molecule has 20 heavy (non-hydrogen) atoms. The largest absolute Gasteiger partial charge is 0.367 e. The van der Waals surface area contributed by atoms with Gasteiger partial charge in [-0.15, -0.1) is 0 Å². The topological polar surface area (TPSA) is 26.3 Å². The molecule has 0 radical (unpaired) electrons. The molecule has 0 atom stereocenters. The molecule has 0 N–H and O–H groups in total. The predicted molar refractivity (Wildman–Crippen MR) is 82.3 cm³/mol. The fourth-order valence-electron chi connectivity index (χ4n) is 3.14. The molecule has 1 fully saturated rings. The van der Waals surface area contributed by atoms with Gasteiger partial charge >= 0.3 is 0 Å². The van der Waals surface area contributed by atoms with Gasteiger partial charge in [-0.1, -0.05) is 44.5 Å². The van der Waals surface area contributed by atoms with Gasteiger partial charge in [0.05, 0.1) is 0 Å². The van der Waals surface area contributed by atoms with Crippen LogP contribution >= 0.6 is 0 Å². The Bertz CT molecular complexity index is 456. The number of hydrogen-bond acceptors (Lipinski definition) is 2. The van der Waals surface area contributed by atoms with Crippen molar-refractivity contribution in [3.63, 3.8) is 0 Å². The molecule has 1 aromatic carbocycles. The summed E-state index contributed by atoms with van der Waals surface area (Å²) in [5, 5.41) is 0. The Hall–Kier alpha value is -1.15. The normalized spacial score (nSPS) is 15.9. The Labute approximate surface area is 122 Å². The monoisotopic (exact) mass is 274 g/mol. The van der Waals surface area contributed by atoms with E-state index >= 15 is 0 Å². The molecule has 0 bridgehead atoms. The van der Waals surface area contributed by atoms with Crippen LogP contribution in [0.4, 0.5) is 0 Å². The fourth-order valence-corrected chi connectivity index (χ4v) is 3.14. The molecule has 0 amide bonds. The van der Waals surface area contributed by atoms with E-state index in [2.05, 4.69) is 6.07 Å². The van der Waals surface area contributed by atoms with Gasteiger partial charge in [0.15, 0.2) is 5.78 Å². The minimum atomic E-state index is -0.644. The Morgan fingerprint density at radius 2 is 1.85 bits per heavy atom. The summed E-state index contributed by atoms with van der Waals surface area (Å²) in [6.45, 7) is 6.64. The van der Waals surface area contributed by atoms with Gasteiger partial charge in [-0.2, -0.15) is 0 Å². The quantitative estimate of drug-likeness (QED) is 0.672. The minimum absolute atomic E-state index is 0.173. The van der Waals surface area contributed by atoms with Crippen LogP contribution in [-0.4, -0.2) is 18.0 Å². The van der Waals surface area contributed by atoms with Crippen LogP contribution in [0.15, 0.2) is 24.3 Å². The van der Waals surface area contributed by atoms with E-state index in [0.29, 0.717) is 12.5 Å². The van der Waals surface area contributed by atoms with Crippen molar-refractivity contribution in [2.75, 3.05) is 6.61 Å². The zero-order chi connectivity index (χ0) is 14.6. The summed E-state index contributed by atoms with van der Waals surface area (Å²) in [4.78, 5) is 13.1. The molecule has 0 saturated heterocycles. The summed E-state index contributed by atoms with van der Waals surface area (Å²) in [5.41, 5.74) is 1.47. The van der Waals surface area contributed by atoms with E-state index in [1.54, 1.807) is 0 Å². The van der Waals surface area contributed by atoms with Crippen LogP contribution in [0.25, 0.3) is 0 Å². The number of ether oxygens (including phenoxy) is 1. The van der Waals surface area contributed by atoms with Crippen molar-refractivity contribution in [2.45, 2.75) is 64.4 Å². The molecule has 0 heterocycles. The highest BCUT2D eigenvalue weighted by Crippen LogP contribution is 2.39. The highest BCUT2D eigenvalue weighted by atomic mass is 16.5. The number of carbonyl (C=O) groups is 1. The molecule has 1 aliphatic carbocycles. The molecule has 0 unspecified atom stereocenters. The van der Waals surface area contributed by atoms with Crippen molar-refractivity contribution in [3.8, 4) is 0 Å². The van der Waals surface area contributed by atoms with Gasteiger partial charge in [-0.3, -0.25) is 4.79 Å². The predicted octanol–water partition coefficient (Wildman–Crippen LogP) is 4.73. The number of ketones is 1. The maximum Gasteiger partial charge on any atom is 0.194 e. The molecule has 0 aliphatic heterocycles. The molecule has 2 rings (SSSR count). The van der Waals surface area contributed by atoms with Gasteiger partial charge in [-0.05, 0) is 44.1 Å². The molecule has 2 heteroatoms. The van der Waals surface area contributed by atoms with Crippen LogP contribution in [-0.2, 0) is 4.74 Å². The number of benzene rings is 1. The van der Waals surface area contributed by atoms with E-state index in [1.165, 1.54) is 24.8 Å². The molecule has 1 aliphatic rings. The number of hydrogen-bond donors (Lipinski definition) is 0. The molecule has 1 aromatic rings. The first kappa shape index (κ1) is 15.2. The second kappa shape index (κ2) is 6.53. The van der Waals surface area contributed by atoms with E-state index < -0.39 is 5.60 Å². The van der Waals surface area contributed by atoms with Gasteiger partial charge in [0.2, 0.25) is 0 Å². The zero-order valence-corrected chi connectivity index (χ0v) is 12.9. The van der Waals surface area contributed by atoms with Gasteiger partial charge in [0, 0.05) is 12.2 Å². The lowest BCUT2D eigenvalue weighted by Gasteiger charge is -2.33. The highest BCUT2D eigenvalue weighted by Gasteiger charge is 2.38. The van der Waals surface area contributed by atoms with Gasteiger partial charge < -0.3 is 4.74 Å². The summed E-state index contributed by atoms with van der Waals surface area (Å²) in [5.74, 6) is 0.745. The third-order valence-electron chi connectivity index (χ3n) is 4.73. The Morgan fingerprint density at radius 1 is 1.20 bits per heavy atom. The molecule has 1 saturated carbocycles. The number of carbonyl (C=O) groups excluding carboxylic acids is 1. The van der Waals surface area contributed by atoms with E-state index in [0.717, 1.165) is 18.4 Å². The SMILES string of the molecule is CCOC(CC)(CC)C(=O)c1ccccc1C1CCC1. The van der Waals surface area contributed by atoms with E-state index in [4.69, 9.17) is 4.74 Å². The summed E-state index contributed by atoms with van der Waals surface area (Å²) < 4.78 is 5.88. The first-order valence-corrected chi connectivity index (χ1v) is 7.96. The van der Waals surface area contributed by atoms with E-state index in [9.17, 15) is 4.79 Å². The zero-order valence-electron chi connectivity index (χ0n) is 12.9. The van der Waals surface area contributed by atoms with Crippen molar-refractivity contribution >= 4 is 5.78 Å². The van der Waals surface area contributed by atoms with Crippen LogP contribution in [0.1, 0.15) is 74.7 Å². The number of Topliss-reactive ketones (excluding diaryl/α,β-unsaturated/α-hetero) is 1. The van der Waals surface area contributed by atoms with Crippen LogP contribution in [0.2, 0.25) is 0 Å². The molecule has 110 valence electrons. The van der Waals surface area contributed by atoms with Gasteiger partial charge in [0.1, 0.15) is 5.60 Å². The molecular weight excluding hydrogens is 248 g/mol. The maximum atomic E-state index is 13.1. The smallest absolute Gasteiger partial charge is 0.194 e. The van der Waals surface area contributed by atoms with Crippen molar-refractivity contribution < 1.29 is 9.53 Å². The Morgan fingerprint density at radius 3 is 2.35 bits per heavy atom. The van der Waals surface area contributed by atoms with Crippen molar-refractivity contribution in [2.24, 2.45) is 0 Å². The second-order valence-electron chi connectivity index (χ2n) is 5.68. The maximum absolute atomic E-state index is 13.1. The third-order valence-corrected chi connectivity index (χ3v) is 4.73. The Kier molecular flexibility index (Phi) is 4.98. The minimum Gasteiger partial charge on any atom is -0.367 e. The van der Waals surface area contributed by atoms with Crippen molar-refractivity contribution in [1.29, 1.82) is 0 Å². The average Bonchev–Trinajstić information content (AvgIpc) is 2.43. The standard InChI is InChI=1S/C18H26O2/c1-4-18(5-2,20-6-3)17(19)16-13-8-7-12-15(16)14-10-9-11-14/h7-8,12-14H,4-6,9-11H2,1-3H3. The molecule has 2 nitrogen and oxygen atoms in total. The summed E-state index contributed by atoms with van der Waals surface area (Å²) in [6, 6.07) is 8.12. The lowest BCUT2D eigenvalue weighted by molar-refractivity contribution is -0.0251. The molecular formula is C18H26O2. The second-order valence-corrected chi connectivity index (χ2v) is 5.68. The van der Waals surface area contributed by atoms with Crippen LogP contribution in [0.3, 0.4) is 0 Å². The first-order chi connectivity index (χ1) is 9.68. The molecule has 0 spiro atoms. The van der Waals surface area contributed by atoms with Crippen LogP contribution in [0, 0.1) is 0 Å². The summed E-state index contributed by atoms with van der Waals surface area (Å²) in [7, 11) is 0. The Balaban J connectivity index is 2.36. The lowest BCUT2D eigenvalue weighted by Crippen LogP contribution is -2.41.